The molecule has 5 N–H and O–H groups in total. The van der Waals surface area contributed by atoms with Gasteiger partial charge in [-0.2, -0.15) is 0 Å². The molecule has 1 heterocycles. The second-order valence-corrected chi connectivity index (χ2v) is 3.02. The summed E-state index contributed by atoms with van der Waals surface area (Å²) in [6.07, 6.45) is -6.17. The number of aliphatic hydroxyl groups excluding tert-OH is 4. The third-order valence-electron chi connectivity index (χ3n) is 2.08. The lowest BCUT2D eigenvalue weighted by molar-refractivity contribution is -0.314. The molecule has 7 heteroatoms. The van der Waals surface area contributed by atoms with E-state index in [2.05, 4.69) is 5.48 Å². The number of aliphatic hydroxyl groups is 4. The van der Waals surface area contributed by atoms with Crippen molar-refractivity contribution in [1.29, 1.82) is 0 Å². The van der Waals surface area contributed by atoms with Crippen molar-refractivity contribution in [2.75, 3.05) is 13.7 Å². The molecule has 0 aromatic heterocycles. The van der Waals surface area contributed by atoms with Gasteiger partial charge in [-0.05, 0) is 0 Å². The van der Waals surface area contributed by atoms with Crippen LogP contribution in [-0.2, 0) is 9.57 Å². The molecule has 84 valence electrons. The van der Waals surface area contributed by atoms with Crippen molar-refractivity contribution in [3.63, 3.8) is 0 Å². The lowest BCUT2D eigenvalue weighted by atomic mass is 9.99. The molecule has 1 saturated heterocycles. The summed E-state index contributed by atoms with van der Waals surface area (Å²) in [6, 6.07) is 0. The van der Waals surface area contributed by atoms with Crippen molar-refractivity contribution in [2.24, 2.45) is 0 Å². The van der Waals surface area contributed by atoms with Crippen LogP contribution in [0.4, 0.5) is 0 Å². The molecule has 0 saturated carbocycles. The van der Waals surface area contributed by atoms with E-state index in [0.717, 1.165) is 0 Å². The van der Waals surface area contributed by atoms with Crippen molar-refractivity contribution in [2.45, 2.75) is 30.7 Å². The monoisotopic (exact) mass is 209 g/mol. The van der Waals surface area contributed by atoms with Crippen LogP contribution < -0.4 is 5.48 Å². The highest BCUT2D eigenvalue weighted by molar-refractivity contribution is 4.88. The molecular formula is C7H15NO6. The largest absolute Gasteiger partial charge is 0.394 e. The zero-order valence-corrected chi connectivity index (χ0v) is 7.70. The minimum Gasteiger partial charge on any atom is -0.394 e. The fourth-order valence-corrected chi connectivity index (χ4v) is 1.28. The smallest absolute Gasteiger partial charge is 0.206 e. The van der Waals surface area contributed by atoms with Gasteiger partial charge in [-0.3, -0.25) is 4.84 Å². The van der Waals surface area contributed by atoms with E-state index in [1.54, 1.807) is 0 Å². The Morgan fingerprint density at radius 3 is 2.36 bits per heavy atom. The highest BCUT2D eigenvalue weighted by atomic mass is 16.8. The maximum absolute atomic E-state index is 9.37. The molecule has 0 amide bonds. The van der Waals surface area contributed by atoms with Crippen LogP contribution in [0.25, 0.3) is 0 Å². The molecule has 1 rings (SSSR count). The first-order chi connectivity index (χ1) is 6.61. The van der Waals surface area contributed by atoms with Gasteiger partial charge in [0.2, 0.25) is 6.29 Å². The molecule has 3 unspecified atom stereocenters. The van der Waals surface area contributed by atoms with E-state index in [1.807, 2.05) is 0 Å². The van der Waals surface area contributed by atoms with Crippen LogP contribution in [0.5, 0.6) is 0 Å². The minimum absolute atomic E-state index is 0.464. The van der Waals surface area contributed by atoms with Gasteiger partial charge < -0.3 is 25.2 Å². The summed E-state index contributed by atoms with van der Waals surface area (Å²) in [5.74, 6) is 0. The van der Waals surface area contributed by atoms with Gasteiger partial charge in [0, 0.05) is 7.05 Å². The van der Waals surface area contributed by atoms with Crippen molar-refractivity contribution >= 4 is 0 Å². The molecule has 0 aliphatic carbocycles. The normalized spacial score (nSPS) is 43.9. The number of nitrogens with one attached hydrogen (secondary N) is 1. The summed E-state index contributed by atoms with van der Waals surface area (Å²) in [7, 11) is 1.46. The van der Waals surface area contributed by atoms with Crippen molar-refractivity contribution in [3.05, 3.63) is 0 Å². The van der Waals surface area contributed by atoms with Gasteiger partial charge in [-0.15, -0.1) is 0 Å². The van der Waals surface area contributed by atoms with E-state index in [9.17, 15) is 15.3 Å². The average molecular weight is 209 g/mol. The minimum atomic E-state index is -1.40. The van der Waals surface area contributed by atoms with Crippen LogP contribution in [0.2, 0.25) is 0 Å². The highest BCUT2D eigenvalue weighted by Crippen LogP contribution is 2.20. The zero-order chi connectivity index (χ0) is 10.7. The van der Waals surface area contributed by atoms with Crippen LogP contribution in [-0.4, -0.2) is 64.8 Å². The lowest BCUT2D eigenvalue weighted by Gasteiger charge is -2.39. The van der Waals surface area contributed by atoms with Gasteiger partial charge in [0.15, 0.2) is 0 Å². The molecule has 0 radical (unpaired) electrons. The standard InChI is InChI=1S/C7H15NO6/c1-8-14-7-6(12)5(11)4(10)3(2-9)13-7/h3-12H,2H2,1H3/t3?,4-,5-,6?,7?/m0/s1. The van der Waals surface area contributed by atoms with E-state index in [4.69, 9.17) is 14.7 Å². The molecule has 1 aliphatic heterocycles. The Kier molecular flexibility index (Phi) is 4.20. The third-order valence-corrected chi connectivity index (χ3v) is 2.08. The quantitative estimate of drug-likeness (QED) is 0.314. The topological polar surface area (TPSA) is 111 Å². The number of ether oxygens (including phenoxy) is 1. The Labute approximate surface area is 80.8 Å². The van der Waals surface area contributed by atoms with Crippen LogP contribution >= 0.6 is 0 Å². The Morgan fingerprint density at radius 1 is 1.21 bits per heavy atom. The van der Waals surface area contributed by atoms with Crippen molar-refractivity contribution in [3.8, 4) is 0 Å². The third kappa shape index (κ3) is 2.20. The summed E-state index contributed by atoms with van der Waals surface area (Å²) >= 11 is 0. The van der Waals surface area contributed by atoms with Gasteiger partial charge in [0.05, 0.1) is 6.61 Å². The molecule has 1 aliphatic rings. The van der Waals surface area contributed by atoms with E-state index in [1.165, 1.54) is 7.05 Å². The number of rotatable bonds is 3. The summed E-state index contributed by atoms with van der Waals surface area (Å²) < 4.78 is 4.98. The van der Waals surface area contributed by atoms with E-state index in [0.29, 0.717) is 0 Å². The van der Waals surface area contributed by atoms with Crippen molar-refractivity contribution < 1.29 is 30.0 Å². The van der Waals surface area contributed by atoms with Crippen LogP contribution in [0, 0.1) is 0 Å². The summed E-state index contributed by atoms with van der Waals surface area (Å²) in [6.45, 7) is -0.464. The zero-order valence-electron chi connectivity index (χ0n) is 7.70. The molecule has 0 aromatic rings. The summed E-state index contributed by atoms with van der Waals surface area (Å²) in [5.41, 5.74) is 2.29. The van der Waals surface area contributed by atoms with Crippen LogP contribution in [0.3, 0.4) is 0 Å². The molecule has 7 nitrogen and oxygen atoms in total. The summed E-state index contributed by atoms with van der Waals surface area (Å²) in [4.78, 5) is 4.74. The fraction of sp³-hybridized carbons (Fsp3) is 1.00. The van der Waals surface area contributed by atoms with Gasteiger partial charge in [0.1, 0.15) is 24.4 Å². The Hall–Kier alpha value is -0.280. The van der Waals surface area contributed by atoms with E-state index >= 15 is 0 Å². The maximum Gasteiger partial charge on any atom is 0.206 e. The lowest BCUT2D eigenvalue weighted by Crippen LogP contribution is -2.59. The highest BCUT2D eigenvalue weighted by Gasteiger charge is 2.44. The molecular weight excluding hydrogens is 194 g/mol. The van der Waals surface area contributed by atoms with Gasteiger partial charge >= 0.3 is 0 Å². The Morgan fingerprint density at radius 2 is 1.86 bits per heavy atom. The predicted molar refractivity (Wildman–Crippen MR) is 43.9 cm³/mol. The van der Waals surface area contributed by atoms with Gasteiger partial charge in [0.25, 0.3) is 0 Å². The second kappa shape index (κ2) is 4.99. The molecule has 0 spiro atoms. The second-order valence-electron chi connectivity index (χ2n) is 3.02. The average Bonchev–Trinajstić information content (AvgIpc) is 2.19. The van der Waals surface area contributed by atoms with E-state index < -0.39 is 37.3 Å². The fourth-order valence-electron chi connectivity index (χ4n) is 1.28. The van der Waals surface area contributed by atoms with E-state index in [-0.39, 0.29) is 0 Å². The van der Waals surface area contributed by atoms with Crippen LogP contribution in [0.15, 0.2) is 0 Å². The maximum atomic E-state index is 9.37. The Bertz CT molecular complexity index is 176. The molecule has 0 bridgehead atoms. The first-order valence-corrected chi connectivity index (χ1v) is 4.24. The SMILES string of the molecule is CNOC1OC(CO)[C@H](O)[C@H](O)C1O. The van der Waals surface area contributed by atoms with Crippen molar-refractivity contribution in [1.82, 2.24) is 5.48 Å². The summed E-state index contributed by atoms with van der Waals surface area (Å²) in [5, 5.41) is 36.8. The molecule has 14 heavy (non-hydrogen) atoms. The first kappa shape index (κ1) is 11.8. The van der Waals surface area contributed by atoms with Crippen LogP contribution in [0.1, 0.15) is 0 Å². The number of hydrogen-bond acceptors (Lipinski definition) is 7. The first-order valence-electron chi connectivity index (χ1n) is 4.24. The number of hydrogen-bond donors (Lipinski definition) is 5. The number of hydroxylamine groups is 1. The predicted octanol–water partition coefficient (Wildman–Crippen LogP) is -3.06. The molecule has 5 atom stereocenters. The molecule has 1 fully saturated rings. The van der Waals surface area contributed by atoms with Gasteiger partial charge in [-0.25, -0.2) is 5.48 Å². The van der Waals surface area contributed by atoms with Gasteiger partial charge in [-0.1, -0.05) is 0 Å². The Balaban J connectivity index is 2.63. The molecule has 0 aromatic carbocycles.